The molecule has 21 heavy (non-hydrogen) atoms. The van der Waals surface area contributed by atoms with Crippen LogP contribution in [0.5, 0.6) is 11.5 Å². The van der Waals surface area contributed by atoms with Crippen molar-refractivity contribution in [3.05, 3.63) is 30.2 Å². The second-order valence-corrected chi connectivity index (χ2v) is 5.87. The molecule has 0 saturated heterocycles. The monoisotopic (exact) mass is 311 g/mol. The second kappa shape index (κ2) is 6.04. The molecule has 8 heteroatoms. The number of sulfonamides is 1. The van der Waals surface area contributed by atoms with E-state index in [4.69, 9.17) is 9.47 Å². The average Bonchev–Trinajstić information content (AvgIpc) is 2.96. The summed E-state index contributed by atoms with van der Waals surface area (Å²) in [6.07, 6.45) is 1.91. The molecule has 1 aromatic carbocycles. The van der Waals surface area contributed by atoms with Gasteiger partial charge in [-0.3, -0.25) is 4.72 Å². The number of hydrogen-bond donors (Lipinski definition) is 2. The summed E-state index contributed by atoms with van der Waals surface area (Å²) in [6.45, 7) is 1.88. The lowest BCUT2D eigenvalue weighted by molar-refractivity contribution is 0.405. The number of nitrogens with zero attached hydrogens (tertiary/aromatic N) is 1. The van der Waals surface area contributed by atoms with Gasteiger partial charge in [0, 0.05) is 12.5 Å². The van der Waals surface area contributed by atoms with Crippen LogP contribution in [0.25, 0.3) is 0 Å². The number of nitrogens with one attached hydrogen (secondary N) is 2. The molecule has 1 heterocycles. The number of aromatic amines is 1. The third kappa shape index (κ3) is 3.27. The van der Waals surface area contributed by atoms with Gasteiger partial charge in [0.25, 0.3) is 10.0 Å². The fourth-order valence-electron chi connectivity index (χ4n) is 1.75. The first-order chi connectivity index (χ1) is 10.00. The number of ether oxygens (including phenoxy) is 2. The van der Waals surface area contributed by atoms with Crippen molar-refractivity contribution >= 4 is 15.7 Å². The Bertz CT molecular complexity index is 725. The molecule has 0 saturated carbocycles. The molecule has 0 aliphatic heterocycles. The lowest BCUT2D eigenvalue weighted by atomic mass is 10.3. The van der Waals surface area contributed by atoms with Gasteiger partial charge in [0.2, 0.25) is 0 Å². The van der Waals surface area contributed by atoms with Crippen LogP contribution in [0.1, 0.15) is 12.7 Å². The van der Waals surface area contributed by atoms with Crippen LogP contribution in [0.4, 0.5) is 5.69 Å². The van der Waals surface area contributed by atoms with Crippen molar-refractivity contribution in [2.75, 3.05) is 18.9 Å². The molecule has 0 spiro atoms. The molecule has 0 unspecified atom stereocenters. The van der Waals surface area contributed by atoms with Crippen LogP contribution in [0.3, 0.4) is 0 Å². The summed E-state index contributed by atoms with van der Waals surface area (Å²) < 4.78 is 37.3. The van der Waals surface area contributed by atoms with E-state index in [2.05, 4.69) is 14.7 Å². The minimum atomic E-state index is -3.76. The van der Waals surface area contributed by atoms with Gasteiger partial charge in [-0.25, -0.2) is 4.98 Å². The Labute approximate surface area is 123 Å². The van der Waals surface area contributed by atoms with Gasteiger partial charge in [0.15, 0.2) is 5.03 Å². The van der Waals surface area contributed by atoms with Crippen molar-refractivity contribution in [3.8, 4) is 11.5 Å². The van der Waals surface area contributed by atoms with E-state index in [1.165, 1.54) is 20.4 Å². The van der Waals surface area contributed by atoms with Crippen molar-refractivity contribution < 1.29 is 17.9 Å². The minimum absolute atomic E-state index is 0.00391. The van der Waals surface area contributed by atoms with Crippen LogP contribution >= 0.6 is 0 Å². The van der Waals surface area contributed by atoms with Gasteiger partial charge in [-0.15, -0.1) is 0 Å². The molecular weight excluding hydrogens is 294 g/mol. The maximum absolute atomic E-state index is 12.3. The fourth-order valence-corrected chi connectivity index (χ4v) is 2.76. The lowest BCUT2D eigenvalue weighted by Gasteiger charge is -2.12. The molecule has 2 rings (SSSR count). The first-order valence-corrected chi connectivity index (χ1v) is 7.77. The number of aromatic nitrogens is 2. The first-order valence-electron chi connectivity index (χ1n) is 6.29. The standard InChI is InChI=1S/C13H17N3O4S/c1-4-12-14-8-13(15-12)21(17,18)16-10-7-9(19-2)5-6-11(10)20-3/h5-8,16H,4H2,1-3H3,(H,14,15). The molecule has 0 bridgehead atoms. The summed E-state index contributed by atoms with van der Waals surface area (Å²) in [5, 5.41) is 0.00391. The van der Waals surface area contributed by atoms with E-state index in [1.807, 2.05) is 6.92 Å². The number of anilines is 1. The molecular formula is C13H17N3O4S. The summed E-state index contributed by atoms with van der Waals surface area (Å²) >= 11 is 0. The molecule has 0 atom stereocenters. The minimum Gasteiger partial charge on any atom is -0.497 e. The highest BCUT2D eigenvalue weighted by molar-refractivity contribution is 7.92. The van der Waals surface area contributed by atoms with E-state index in [9.17, 15) is 8.42 Å². The van der Waals surface area contributed by atoms with Crippen molar-refractivity contribution in [2.24, 2.45) is 0 Å². The second-order valence-electron chi connectivity index (χ2n) is 4.22. The maximum atomic E-state index is 12.3. The molecule has 0 aliphatic carbocycles. The SMILES string of the molecule is CCc1ncc(S(=O)(=O)Nc2cc(OC)ccc2OC)[nH]1. The average molecular weight is 311 g/mol. The van der Waals surface area contributed by atoms with Crippen molar-refractivity contribution in [2.45, 2.75) is 18.4 Å². The van der Waals surface area contributed by atoms with E-state index >= 15 is 0 Å². The number of hydrogen-bond acceptors (Lipinski definition) is 5. The number of benzene rings is 1. The van der Waals surface area contributed by atoms with E-state index in [1.54, 1.807) is 18.2 Å². The van der Waals surface area contributed by atoms with Gasteiger partial charge in [0.1, 0.15) is 17.3 Å². The van der Waals surface area contributed by atoms with Gasteiger partial charge < -0.3 is 14.5 Å². The van der Waals surface area contributed by atoms with E-state index < -0.39 is 10.0 Å². The zero-order valence-corrected chi connectivity index (χ0v) is 12.8. The summed E-state index contributed by atoms with van der Waals surface area (Å²) in [6, 6.07) is 4.86. The van der Waals surface area contributed by atoms with Crippen LogP contribution in [0, 0.1) is 0 Å². The Hall–Kier alpha value is -2.22. The van der Waals surface area contributed by atoms with Gasteiger partial charge in [-0.2, -0.15) is 8.42 Å². The van der Waals surface area contributed by atoms with Crippen molar-refractivity contribution in [3.63, 3.8) is 0 Å². The van der Waals surface area contributed by atoms with Crippen molar-refractivity contribution in [1.82, 2.24) is 9.97 Å². The quantitative estimate of drug-likeness (QED) is 0.848. The van der Waals surface area contributed by atoms with Crippen LogP contribution in [-0.2, 0) is 16.4 Å². The summed E-state index contributed by atoms with van der Waals surface area (Å²) in [5.41, 5.74) is 0.296. The van der Waals surface area contributed by atoms with Gasteiger partial charge in [0.05, 0.1) is 26.1 Å². The Kier molecular flexibility index (Phi) is 4.37. The Morgan fingerprint density at radius 3 is 2.62 bits per heavy atom. The number of imidazole rings is 1. The molecule has 0 aliphatic rings. The van der Waals surface area contributed by atoms with Gasteiger partial charge >= 0.3 is 0 Å². The third-order valence-corrected chi connectivity index (χ3v) is 4.16. The normalized spacial score (nSPS) is 11.2. The third-order valence-electron chi connectivity index (χ3n) is 2.88. The van der Waals surface area contributed by atoms with E-state index in [0.717, 1.165) is 0 Å². The molecule has 7 nitrogen and oxygen atoms in total. The zero-order valence-electron chi connectivity index (χ0n) is 12.0. The lowest BCUT2D eigenvalue weighted by Crippen LogP contribution is -2.14. The highest BCUT2D eigenvalue weighted by Crippen LogP contribution is 2.30. The first kappa shape index (κ1) is 15.2. The summed E-state index contributed by atoms with van der Waals surface area (Å²) in [4.78, 5) is 6.74. The molecule has 2 N–H and O–H groups in total. The highest BCUT2D eigenvalue weighted by Gasteiger charge is 2.19. The summed E-state index contributed by atoms with van der Waals surface area (Å²) in [5.74, 6) is 1.52. The number of H-pyrrole nitrogens is 1. The van der Waals surface area contributed by atoms with Gasteiger partial charge in [-0.05, 0) is 12.1 Å². The van der Waals surface area contributed by atoms with Crippen LogP contribution < -0.4 is 14.2 Å². The van der Waals surface area contributed by atoms with Gasteiger partial charge in [-0.1, -0.05) is 6.92 Å². The van der Waals surface area contributed by atoms with E-state index in [0.29, 0.717) is 29.4 Å². The largest absolute Gasteiger partial charge is 0.497 e. The maximum Gasteiger partial charge on any atom is 0.279 e. The Morgan fingerprint density at radius 2 is 2.05 bits per heavy atom. The van der Waals surface area contributed by atoms with Crippen LogP contribution in [-0.4, -0.2) is 32.6 Å². The predicted octanol–water partition coefficient (Wildman–Crippen LogP) is 1.79. The number of aryl methyl sites for hydroxylation is 1. The smallest absolute Gasteiger partial charge is 0.279 e. The number of methoxy groups -OCH3 is 2. The molecule has 0 radical (unpaired) electrons. The molecule has 2 aromatic rings. The highest BCUT2D eigenvalue weighted by atomic mass is 32.2. The number of rotatable bonds is 6. The predicted molar refractivity (Wildman–Crippen MR) is 78.3 cm³/mol. The van der Waals surface area contributed by atoms with E-state index in [-0.39, 0.29) is 5.03 Å². The molecule has 114 valence electrons. The van der Waals surface area contributed by atoms with Crippen molar-refractivity contribution in [1.29, 1.82) is 0 Å². The van der Waals surface area contributed by atoms with Crippen LogP contribution in [0.15, 0.2) is 29.4 Å². The Morgan fingerprint density at radius 1 is 1.29 bits per heavy atom. The van der Waals surface area contributed by atoms with Crippen LogP contribution in [0.2, 0.25) is 0 Å². The zero-order chi connectivity index (χ0) is 15.5. The molecule has 0 fully saturated rings. The summed E-state index contributed by atoms with van der Waals surface area (Å²) in [7, 11) is -0.798. The Balaban J connectivity index is 2.35. The molecule has 0 amide bonds. The molecule has 1 aromatic heterocycles. The fraction of sp³-hybridized carbons (Fsp3) is 0.308. The topological polar surface area (TPSA) is 93.3 Å².